The van der Waals surface area contributed by atoms with Gasteiger partial charge in [-0.05, 0) is 42.5 Å². The lowest BCUT2D eigenvalue weighted by atomic mass is 10.1. The van der Waals surface area contributed by atoms with Gasteiger partial charge in [0, 0.05) is 12.2 Å². The van der Waals surface area contributed by atoms with E-state index in [-0.39, 0.29) is 22.8 Å². The van der Waals surface area contributed by atoms with E-state index in [2.05, 4.69) is 14.8 Å². The van der Waals surface area contributed by atoms with Crippen LogP contribution in [0.15, 0.2) is 47.4 Å². The summed E-state index contributed by atoms with van der Waals surface area (Å²) in [5.41, 5.74) is 0.829. The van der Waals surface area contributed by atoms with Crippen molar-refractivity contribution < 1.29 is 27.5 Å². The van der Waals surface area contributed by atoms with Crippen LogP contribution in [0.4, 0.5) is 5.69 Å². The third kappa shape index (κ3) is 4.83. The van der Waals surface area contributed by atoms with E-state index in [0.29, 0.717) is 11.3 Å². The van der Waals surface area contributed by atoms with Gasteiger partial charge in [-0.1, -0.05) is 6.92 Å². The lowest BCUT2D eigenvalue weighted by molar-refractivity contribution is 0.0600. The van der Waals surface area contributed by atoms with Crippen molar-refractivity contribution in [3.05, 3.63) is 53.6 Å². The van der Waals surface area contributed by atoms with Gasteiger partial charge in [0.15, 0.2) is 0 Å². The van der Waals surface area contributed by atoms with Gasteiger partial charge in [0.05, 0.1) is 30.2 Å². The number of hydrogen-bond acceptors (Lipinski definition) is 6. The zero-order valence-corrected chi connectivity index (χ0v) is 15.9. The van der Waals surface area contributed by atoms with Crippen molar-refractivity contribution in [3.63, 3.8) is 0 Å². The number of sulfonamides is 1. The summed E-state index contributed by atoms with van der Waals surface area (Å²) in [5.74, 6) is -0.809. The Morgan fingerprint density at radius 1 is 1.04 bits per heavy atom. The molecule has 0 aliphatic carbocycles. The highest BCUT2D eigenvalue weighted by Crippen LogP contribution is 2.24. The second-order valence-electron chi connectivity index (χ2n) is 5.39. The standard InChI is InChI=1S/C18H20N2O6S/c1-4-19-27(23,24)14-9-10-16(25-2)15(11-14)17(21)20-13-7-5-12(6-8-13)18(22)26-3/h5-11,19H,4H2,1-3H3,(H,20,21). The Balaban J connectivity index is 2.30. The minimum atomic E-state index is -3.72. The smallest absolute Gasteiger partial charge is 0.337 e. The zero-order valence-electron chi connectivity index (χ0n) is 15.1. The van der Waals surface area contributed by atoms with Crippen LogP contribution in [0.3, 0.4) is 0 Å². The molecule has 2 N–H and O–H groups in total. The summed E-state index contributed by atoms with van der Waals surface area (Å²) in [5, 5.41) is 2.64. The van der Waals surface area contributed by atoms with Crippen LogP contribution in [-0.4, -0.2) is 41.1 Å². The summed E-state index contributed by atoms with van der Waals surface area (Å²) in [6.45, 7) is 1.88. The van der Waals surface area contributed by atoms with E-state index < -0.39 is 21.9 Å². The third-order valence-electron chi connectivity index (χ3n) is 3.62. The van der Waals surface area contributed by atoms with E-state index in [1.807, 2.05) is 0 Å². The molecular formula is C18H20N2O6S. The molecule has 0 fully saturated rings. The summed E-state index contributed by atoms with van der Waals surface area (Å²) >= 11 is 0. The molecule has 144 valence electrons. The molecule has 8 nitrogen and oxygen atoms in total. The van der Waals surface area contributed by atoms with Crippen molar-refractivity contribution in [2.75, 3.05) is 26.1 Å². The maximum atomic E-state index is 12.6. The Labute approximate surface area is 157 Å². The highest BCUT2D eigenvalue weighted by Gasteiger charge is 2.19. The number of ether oxygens (including phenoxy) is 2. The number of methoxy groups -OCH3 is 2. The molecule has 0 aliphatic heterocycles. The molecule has 0 aromatic heterocycles. The number of carbonyl (C=O) groups is 2. The summed E-state index contributed by atoms with van der Waals surface area (Å²) in [4.78, 5) is 24.0. The molecule has 0 radical (unpaired) electrons. The molecule has 0 unspecified atom stereocenters. The normalized spacial score (nSPS) is 10.9. The van der Waals surface area contributed by atoms with Crippen LogP contribution in [-0.2, 0) is 14.8 Å². The molecule has 0 aliphatic rings. The van der Waals surface area contributed by atoms with Crippen molar-refractivity contribution in [2.45, 2.75) is 11.8 Å². The van der Waals surface area contributed by atoms with E-state index in [1.165, 1.54) is 56.7 Å². The first kappa shape index (κ1) is 20.4. The predicted octanol–water partition coefficient (Wildman–Crippen LogP) is 2.03. The van der Waals surface area contributed by atoms with E-state index in [0.717, 1.165) is 0 Å². The monoisotopic (exact) mass is 392 g/mol. The Kier molecular flexibility index (Phi) is 6.54. The Morgan fingerprint density at radius 2 is 1.70 bits per heavy atom. The van der Waals surface area contributed by atoms with Crippen LogP contribution < -0.4 is 14.8 Å². The van der Waals surface area contributed by atoms with Gasteiger partial charge in [-0.15, -0.1) is 0 Å². The van der Waals surface area contributed by atoms with Crippen molar-refractivity contribution in [3.8, 4) is 5.75 Å². The van der Waals surface area contributed by atoms with Crippen LogP contribution in [0.1, 0.15) is 27.6 Å². The van der Waals surface area contributed by atoms with Gasteiger partial charge in [-0.3, -0.25) is 4.79 Å². The molecule has 0 atom stereocenters. The number of esters is 1. The first-order chi connectivity index (χ1) is 12.8. The average molecular weight is 392 g/mol. The van der Waals surface area contributed by atoms with E-state index in [4.69, 9.17) is 4.74 Å². The molecule has 0 spiro atoms. The van der Waals surface area contributed by atoms with Gasteiger partial charge in [-0.2, -0.15) is 0 Å². The predicted molar refractivity (Wildman–Crippen MR) is 99.6 cm³/mol. The van der Waals surface area contributed by atoms with Crippen molar-refractivity contribution in [1.82, 2.24) is 4.72 Å². The number of rotatable bonds is 7. The van der Waals surface area contributed by atoms with Gasteiger partial charge in [0.2, 0.25) is 10.0 Å². The molecule has 2 aromatic carbocycles. The van der Waals surface area contributed by atoms with Crippen LogP contribution >= 0.6 is 0 Å². The van der Waals surface area contributed by atoms with Gasteiger partial charge in [0.1, 0.15) is 5.75 Å². The molecule has 0 saturated carbocycles. The molecule has 2 rings (SSSR count). The maximum absolute atomic E-state index is 12.6. The minimum Gasteiger partial charge on any atom is -0.496 e. The fourth-order valence-electron chi connectivity index (χ4n) is 2.31. The first-order valence-electron chi connectivity index (χ1n) is 7.99. The van der Waals surface area contributed by atoms with Gasteiger partial charge in [0.25, 0.3) is 5.91 Å². The molecule has 0 heterocycles. The lowest BCUT2D eigenvalue weighted by Crippen LogP contribution is -2.24. The van der Waals surface area contributed by atoms with E-state index >= 15 is 0 Å². The maximum Gasteiger partial charge on any atom is 0.337 e. The van der Waals surface area contributed by atoms with Crippen LogP contribution in [0.2, 0.25) is 0 Å². The van der Waals surface area contributed by atoms with E-state index in [1.54, 1.807) is 6.92 Å². The largest absolute Gasteiger partial charge is 0.496 e. The molecule has 27 heavy (non-hydrogen) atoms. The molecule has 2 aromatic rings. The fraction of sp³-hybridized carbons (Fsp3) is 0.222. The SMILES string of the molecule is CCNS(=O)(=O)c1ccc(OC)c(C(=O)Nc2ccc(C(=O)OC)cc2)c1. The summed E-state index contributed by atoms with van der Waals surface area (Å²) in [6, 6.07) is 10.1. The quantitative estimate of drug-likeness (QED) is 0.698. The number of nitrogens with one attached hydrogen (secondary N) is 2. The minimum absolute atomic E-state index is 0.0451. The zero-order chi connectivity index (χ0) is 20.0. The number of hydrogen-bond donors (Lipinski definition) is 2. The molecule has 0 bridgehead atoms. The van der Waals surface area contributed by atoms with Gasteiger partial charge >= 0.3 is 5.97 Å². The van der Waals surface area contributed by atoms with Crippen LogP contribution in [0.5, 0.6) is 5.75 Å². The Morgan fingerprint density at radius 3 is 2.26 bits per heavy atom. The van der Waals surface area contributed by atoms with Gasteiger partial charge in [-0.25, -0.2) is 17.9 Å². The number of anilines is 1. The first-order valence-corrected chi connectivity index (χ1v) is 9.48. The summed E-state index contributed by atoms with van der Waals surface area (Å²) in [7, 11) is -1.06. The summed E-state index contributed by atoms with van der Waals surface area (Å²) in [6.07, 6.45) is 0. The van der Waals surface area contributed by atoms with Gasteiger partial charge < -0.3 is 14.8 Å². The average Bonchev–Trinajstić information content (AvgIpc) is 2.67. The van der Waals surface area contributed by atoms with Crippen LogP contribution in [0.25, 0.3) is 0 Å². The van der Waals surface area contributed by atoms with Crippen LogP contribution in [0, 0.1) is 0 Å². The highest BCUT2D eigenvalue weighted by molar-refractivity contribution is 7.89. The number of carbonyl (C=O) groups excluding carboxylic acids is 2. The molecule has 9 heteroatoms. The Hall–Kier alpha value is -2.91. The molecule has 1 amide bonds. The number of amides is 1. The van der Waals surface area contributed by atoms with Crippen molar-refractivity contribution >= 4 is 27.6 Å². The third-order valence-corrected chi connectivity index (χ3v) is 5.17. The lowest BCUT2D eigenvalue weighted by Gasteiger charge is -2.12. The fourth-order valence-corrected chi connectivity index (χ4v) is 3.38. The topological polar surface area (TPSA) is 111 Å². The second-order valence-corrected chi connectivity index (χ2v) is 7.15. The Bertz CT molecular complexity index is 939. The van der Waals surface area contributed by atoms with E-state index in [9.17, 15) is 18.0 Å². The van der Waals surface area contributed by atoms with Crippen molar-refractivity contribution in [1.29, 1.82) is 0 Å². The summed E-state index contributed by atoms with van der Waals surface area (Å²) < 4.78 is 36.5. The number of benzene rings is 2. The molecular weight excluding hydrogens is 372 g/mol. The highest BCUT2D eigenvalue weighted by atomic mass is 32.2. The molecule has 0 saturated heterocycles. The van der Waals surface area contributed by atoms with Crippen molar-refractivity contribution in [2.24, 2.45) is 0 Å². The second kappa shape index (κ2) is 8.65.